The third-order valence-corrected chi connectivity index (χ3v) is 4.84. The average molecular weight is 497 g/mol. The van der Waals surface area contributed by atoms with Gasteiger partial charge in [-0.15, -0.1) is 0 Å². The molecule has 0 radical (unpaired) electrons. The normalized spacial score (nSPS) is 12.5. The van der Waals surface area contributed by atoms with Crippen molar-refractivity contribution in [2.75, 3.05) is 6.61 Å². The van der Waals surface area contributed by atoms with Gasteiger partial charge in [0.15, 0.2) is 0 Å². The molecule has 162 valence electrons. The summed E-state index contributed by atoms with van der Waals surface area (Å²) in [6.45, 7) is -0.143. The van der Waals surface area contributed by atoms with Crippen molar-refractivity contribution in [2.24, 2.45) is 0 Å². The van der Waals surface area contributed by atoms with Gasteiger partial charge in [0.25, 0.3) is 17.4 Å². The Morgan fingerprint density at radius 2 is 2.03 bits per heavy atom. The molecule has 31 heavy (non-hydrogen) atoms. The summed E-state index contributed by atoms with van der Waals surface area (Å²) in [7, 11) is 0. The van der Waals surface area contributed by atoms with Gasteiger partial charge in [0.2, 0.25) is 0 Å². The molecule has 1 aromatic carbocycles. The first-order valence-corrected chi connectivity index (χ1v) is 9.73. The summed E-state index contributed by atoms with van der Waals surface area (Å²) in [6.07, 6.45) is 2.89. The van der Waals surface area contributed by atoms with Crippen molar-refractivity contribution in [2.45, 2.75) is 18.9 Å². The number of pyridine rings is 1. The lowest BCUT2D eigenvalue weighted by Crippen LogP contribution is -2.31. The van der Waals surface area contributed by atoms with E-state index in [4.69, 9.17) is 5.11 Å². The Hall–Kier alpha value is -3.05. The molecule has 1 atom stereocenters. The van der Waals surface area contributed by atoms with Gasteiger partial charge in [-0.25, -0.2) is 4.39 Å². The third-order valence-electron chi connectivity index (χ3n) is 4.40. The zero-order valence-corrected chi connectivity index (χ0v) is 17.6. The molecule has 0 bridgehead atoms. The van der Waals surface area contributed by atoms with Crippen LogP contribution in [0.25, 0.3) is 5.69 Å². The Morgan fingerprint density at radius 3 is 2.71 bits per heavy atom. The molecule has 2 N–H and O–H groups in total. The molecule has 0 saturated heterocycles. The van der Waals surface area contributed by atoms with Gasteiger partial charge < -0.3 is 10.4 Å². The van der Waals surface area contributed by atoms with Crippen molar-refractivity contribution in [1.82, 2.24) is 20.1 Å². The molecule has 0 fully saturated rings. The van der Waals surface area contributed by atoms with Crippen LogP contribution in [0.5, 0.6) is 0 Å². The number of benzene rings is 1. The van der Waals surface area contributed by atoms with Gasteiger partial charge in [0.1, 0.15) is 18.1 Å². The first-order valence-electron chi connectivity index (χ1n) is 8.94. The highest BCUT2D eigenvalue weighted by atomic mass is 79.9. The highest BCUT2D eigenvalue weighted by Crippen LogP contribution is 2.32. The van der Waals surface area contributed by atoms with Crippen LogP contribution in [-0.4, -0.2) is 32.4 Å². The van der Waals surface area contributed by atoms with Crippen LogP contribution < -0.4 is 10.9 Å². The molecule has 11 heteroatoms. The molecule has 0 saturated carbocycles. The van der Waals surface area contributed by atoms with E-state index >= 15 is 0 Å². The maximum absolute atomic E-state index is 14.6. The number of aliphatic hydroxyl groups excluding tert-OH is 1. The fourth-order valence-corrected chi connectivity index (χ4v) is 3.19. The molecule has 1 amide bonds. The Labute approximate surface area is 182 Å². The number of nitrogens with zero attached hydrogens (tertiary/aromatic N) is 3. The summed E-state index contributed by atoms with van der Waals surface area (Å²) < 4.78 is 43.7. The van der Waals surface area contributed by atoms with E-state index in [9.17, 15) is 22.8 Å². The maximum atomic E-state index is 14.6. The lowest BCUT2D eigenvalue weighted by molar-refractivity contribution is -0.0584. The van der Waals surface area contributed by atoms with Crippen molar-refractivity contribution in [1.29, 1.82) is 0 Å². The second kappa shape index (κ2) is 8.98. The zero-order chi connectivity index (χ0) is 22.8. The number of nitrogens with one attached hydrogen (secondary N) is 1. The summed E-state index contributed by atoms with van der Waals surface area (Å²) >= 11 is 3.23. The predicted octanol–water partition coefficient (Wildman–Crippen LogP) is 3.10. The van der Waals surface area contributed by atoms with Crippen molar-refractivity contribution >= 4 is 21.8 Å². The van der Waals surface area contributed by atoms with Crippen LogP contribution in [0.1, 0.15) is 34.6 Å². The van der Waals surface area contributed by atoms with Crippen molar-refractivity contribution in [3.63, 3.8) is 0 Å². The molecular weight excluding hydrogens is 481 g/mol. The van der Waals surface area contributed by atoms with E-state index in [-0.39, 0.29) is 11.3 Å². The highest BCUT2D eigenvalue weighted by Gasteiger charge is 2.35. The molecule has 0 unspecified atom stereocenters. The van der Waals surface area contributed by atoms with E-state index < -0.39 is 41.4 Å². The highest BCUT2D eigenvalue weighted by molar-refractivity contribution is 9.10. The summed E-state index contributed by atoms with van der Waals surface area (Å²) in [6, 6.07) is 6.23. The molecule has 0 aliphatic carbocycles. The number of amides is 1. The Balaban J connectivity index is 1.88. The molecule has 3 aromatic rings. The molecule has 2 heterocycles. The number of halogens is 4. The SMILES string of the molecule is C[C@@H](NC(=O)c1ccc(=O)n(-c2cncc(Br)c2)n1)c1cccc(C(F)(F)CO)c1F. The maximum Gasteiger partial charge on any atom is 0.298 e. The lowest BCUT2D eigenvalue weighted by atomic mass is 10.0. The van der Waals surface area contributed by atoms with E-state index in [2.05, 4.69) is 31.3 Å². The molecule has 3 rings (SSSR count). The van der Waals surface area contributed by atoms with Crippen LogP contribution in [0, 0.1) is 5.82 Å². The van der Waals surface area contributed by atoms with Crippen LogP contribution in [0.15, 0.2) is 58.1 Å². The number of aromatic nitrogens is 3. The summed E-state index contributed by atoms with van der Waals surface area (Å²) in [5.74, 6) is -5.74. The number of carbonyl (C=O) groups excluding carboxylic acids is 1. The zero-order valence-electron chi connectivity index (χ0n) is 16.0. The second-order valence-corrected chi connectivity index (χ2v) is 7.51. The summed E-state index contributed by atoms with van der Waals surface area (Å²) in [5, 5.41) is 15.3. The summed E-state index contributed by atoms with van der Waals surface area (Å²) in [5.41, 5.74) is -1.50. The van der Waals surface area contributed by atoms with Crippen LogP contribution in [0.3, 0.4) is 0 Å². The molecule has 0 aliphatic rings. The standard InChI is InChI=1S/C20H16BrF3N4O3/c1-11(14-3-2-4-15(18(14)22)20(23,24)10-29)26-19(31)16-5-6-17(30)28(27-16)13-7-12(21)8-25-9-13/h2-9,11,29H,10H2,1H3,(H,26,31)/t11-/m1/s1. The monoisotopic (exact) mass is 496 g/mol. The van der Waals surface area contributed by atoms with Gasteiger partial charge in [-0.05, 0) is 41.1 Å². The number of carbonyl (C=O) groups is 1. The van der Waals surface area contributed by atoms with Crippen molar-refractivity contribution < 1.29 is 23.1 Å². The third kappa shape index (κ3) is 4.83. The largest absolute Gasteiger partial charge is 0.390 e. The second-order valence-electron chi connectivity index (χ2n) is 6.60. The van der Waals surface area contributed by atoms with Crippen molar-refractivity contribution in [3.05, 3.63) is 86.3 Å². The molecular formula is C20H16BrF3N4O3. The average Bonchev–Trinajstić information content (AvgIpc) is 2.73. The number of rotatable bonds is 6. The van der Waals surface area contributed by atoms with Gasteiger partial charge in [-0.3, -0.25) is 14.6 Å². The molecule has 2 aromatic heterocycles. The van der Waals surface area contributed by atoms with Crippen LogP contribution in [0.4, 0.5) is 13.2 Å². The van der Waals surface area contributed by atoms with Crippen LogP contribution in [0.2, 0.25) is 0 Å². The van der Waals surface area contributed by atoms with E-state index in [1.807, 2.05) is 0 Å². The fraction of sp³-hybridized carbons (Fsp3) is 0.200. The van der Waals surface area contributed by atoms with E-state index in [0.29, 0.717) is 10.2 Å². The number of hydrogen-bond acceptors (Lipinski definition) is 5. The minimum atomic E-state index is -3.77. The summed E-state index contributed by atoms with van der Waals surface area (Å²) in [4.78, 5) is 28.7. The number of alkyl halides is 2. The van der Waals surface area contributed by atoms with Gasteiger partial charge in [0, 0.05) is 22.3 Å². The van der Waals surface area contributed by atoms with Crippen LogP contribution >= 0.6 is 15.9 Å². The van der Waals surface area contributed by atoms with Gasteiger partial charge in [-0.2, -0.15) is 18.6 Å². The first kappa shape index (κ1) is 22.6. The van der Waals surface area contributed by atoms with Gasteiger partial charge in [-0.1, -0.05) is 12.1 Å². The van der Waals surface area contributed by atoms with E-state index in [1.165, 1.54) is 37.5 Å². The Bertz CT molecular complexity index is 1190. The van der Waals surface area contributed by atoms with Gasteiger partial charge in [0.05, 0.1) is 23.5 Å². The van der Waals surface area contributed by atoms with E-state index in [0.717, 1.165) is 16.8 Å². The minimum absolute atomic E-state index is 0.149. The first-order chi connectivity index (χ1) is 14.6. The molecule has 7 nitrogen and oxygen atoms in total. The molecule has 0 spiro atoms. The predicted molar refractivity (Wildman–Crippen MR) is 109 cm³/mol. The fourth-order valence-electron chi connectivity index (χ4n) is 2.83. The van der Waals surface area contributed by atoms with Crippen LogP contribution in [-0.2, 0) is 5.92 Å². The number of aliphatic hydroxyl groups is 1. The molecule has 0 aliphatic heterocycles. The van der Waals surface area contributed by atoms with Gasteiger partial charge >= 0.3 is 0 Å². The Kier molecular flexibility index (Phi) is 6.56. The number of hydrogen-bond donors (Lipinski definition) is 2. The quantitative estimate of drug-likeness (QED) is 0.546. The Morgan fingerprint density at radius 1 is 1.29 bits per heavy atom. The lowest BCUT2D eigenvalue weighted by Gasteiger charge is -2.20. The van der Waals surface area contributed by atoms with Crippen molar-refractivity contribution in [3.8, 4) is 5.69 Å². The topological polar surface area (TPSA) is 97.1 Å². The smallest absolute Gasteiger partial charge is 0.298 e. The minimum Gasteiger partial charge on any atom is -0.390 e. The van der Waals surface area contributed by atoms with E-state index in [1.54, 1.807) is 6.07 Å².